The third-order valence-electron chi connectivity index (χ3n) is 4.04. The summed E-state index contributed by atoms with van der Waals surface area (Å²) in [5, 5.41) is 2.87. The fraction of sp³-hybridized carbons (Fsp3) is 0.211. The number of hydrogen-bond acceptors (Lipinski definition) is 4. The van der Waals surface area contributed by atoms with E-state index in [0.717, 1.165) is 41.4 Å². The van der Waals surface area contributed by atoms with Crippen molar-refractivity contribution in [2.45, 2.75) is 13.0 Å². The molecule has 2 aromatic carbocycles. The first-order valence-electron chi connectivity index (χ1n) is 7.88. The number of fused-ring (bicyclic) bond motifs is 2. The SMILES string of the molecule is O=C(C=Cc1ccc2c(c1)CCO2)NCc1ccc2c(c1)OCO2. The lowest BCUT2D eigenvalue weighted by Crippen LogP contribution is -2.20. The van der Waals surface area contributed by atoms with Crippen molar-refractivity contribution in [3.8, 4) is 17.2 Å². The van der Waals surface area contributed by atoms with E-state index in [2.05, 4.69) is 11.4 Å². The number of nitrogens with one attached hydrogen (secondary N) is 1. The molecular formula is C19H17NO4. The van der Waals surface area contributed by atoms with Gasteiger partial charge in [0.2, 0.25) is 12.7 Å². The number of ether oxygens (including phenoxy) is 3. The van der Waals surface area contributed by atoms with Gasteiger partial charge in [-0.3, -0.25) is 4.79 Å². The molecule has 24 heavy (non-hydrogen) atoms. The minimum absolute atomic E-state index is 0.135. The molecule has 2 aromatic rings. The second kappa shape index (κ2) is 6.28. The van der Waals surface area contributed by atoms with Crippen LogP contribution < -0.4 is 19.5 Å². The van der Waals surface area contributed by atoms with E-state index < -0.39 is 0 Å². The fourth-order valence-corrected chi connectivity index (χ4v) is 2.78. The molecule has 0 saturated heterocycles. The minimum Gasteiger partial charge on any atom is -0.493 e. The molecule has 0 spiro atoms. The number of carbonyl (C=O) groups is 1. The molecule has 0 aromatic heterocycles. The molecule has 0 fully saturated rings. The summed E-state index contributed by atoms with van der Waals surface area (Å²) < 4.78 is 16.1. The molecule has 0 atom stereocenters. The van der Waals surface area contributed by atoms with Gasteiger partial charge in [-0.2, -0.15) is 0 Å². The van der Waals surface area contributed by atoms with Crippen molar-refractivity contribution < 1.29 is 19.0 Å². The highest BCUT2D eigenvalue weighted by Gasteiger charge is 2.13. The molecule has 0 bridgehead atoms. The molecule has 2 aliphatic rings. The minimum atomic E-state index is -0.135. The maximum absolute atomic E-state index is 12.0. The summed E-state index contributed by atoms with van der Waals surface area (Å²) in [4.78, 5) is 12.0. The van der Waals surface area contributed by atoms with E-state index >= 15 is 0 Å². The highest BCUT2D eigenvalue weighted by atomic mass is 16.7. The van der Waals surface area contributed by atoms with Crippen LogP contribution in [0.1, 0.15) is 16.7 Å². The Hall–Kier alpha value is -2.95. The van der Waals surface area contributed by atoms with Crippen molar-refractivity contribution in [2.24, 2.45) is 0 Å². The molecule has 2 heterocycles. The van der Waals surface area contributed by atoms with Gasteiger partial charge in [0.05, 0.1) is 6.61 Å². The average molecular weight is 323 g/mol. The summed E-state index contributed by atoms with van der Waals surface area (Å²) in [6.07, 6.45) is 4.28. The Bertz CT molecular complexity index is 813. The van der Waals surface area contributed by atoms with E-state index in [1.807, 2.05) is 36.4 Å². The third kappa shape index (κ3) is 3.06. The van der Waals surface area contributed by atoms with Crippen LogP contribution in [-0.4, -0.2) is 19.3 Å². The maximum Gasteiger partial charge on any atom is 0.244 e. The molecule has 2 aliphatic heterocycles. The van der Waals surface area contributed by atoms with Gasteiger partial charge in [-0.05, 0) is 47.0 Å². The van der Waals surface area contributed by atoms with Gasteiger partial charge >= 0.3 is 0 Å². The Kier molecular flexibility index (Phi) is 3.83. The van der Waals surface area contributed by atoms with Gasteiger partial charge in [0.1, 0.15) is 5.75 Å². The molecule has 4 rings (SSSR count). The summed E-state index contributed by atoms with van der Waals surface area (Å²) in [6, 6.07) is 11.6. The third-order valence-corrected chi connectivity index (χ3v) is 4.04. The van der Waals surface area contributed by atoms with E-state index in [1.54, 1.807) is 6.08 Å². The van der Waals surface area contributed by atoms with Crippen molar-refractivity contribution in [2.75, 3.05) is 13.4 Å². The van der Waals surface area contributed by atoms with Crippen LogP contribution >= 0.6 is 0 Å². The maximum atomic E-state index is 12.0. The summed E-state index contributed by atoms with van der Waals surface area (Å²) in [6.45, 7) is 1.43. The highest BCUT2D eigenvalue weighted by molar-refractivity contribution is 5.91. The Balaban J connectivity index is 1.35. The Morgan fingerprint density at radius 3 is 2.88 bits per heavy atom. The van der Waals surface area contributed by atoms with Gasteiger partial charge in [0, 0.05) is 19.0 Å². The molecule has 122 valence electrons. The molecule has 0 radical (unpaired) electrons. The van der Waals surface area contributed by atoms with Crippen LogP contribution in [0.25, 0.3) is 6.08 Å². The summed E-state index contributed by atoms with van der Waals surface area (Å²) >= 11 is 0. The van der Waals surface area contributed by atoms with Crippen LogP contribution in [0.15, 0.2) is 42.5 Å². The molecule has 1 amide bonds. The van der Waals surface area contributed by atoms with E-state index in [-0.39, 0.29) is 12.7 Å². The van der Waals surface area contributed by atoms with Crippen LogP contribution in [0.4, 0.5) is 0 Å². The molecule has 5 nitrogen and oxygen atoms in total. The van der Waals surface area contributed by atoms with Crippen LogP contribution in [0.5, 0.6) is 17.2 Å². The Morgan fingerprint density at radius 1 is 1.04 bits per heavy atom. The molecule has 5 heteroatoms. The first-order valence-corrected chi connectivity index (χ1v) is 7.88. The van der Waals surface area contributed by atoms with Gasteiger partial charge < -0.3 is 19.5 Å². The van der Waals surface area contributed by atoms with E-state index in [1.165, 1.54) is 5.56 Å². The predicted octanol–water partition coefficient (Wildman–Crippen LogP) is 2.68. The van der Waals surface area contributed by atoms with Gasteiger partial charge in [0.15, 0.2) is 11.5 Å². The normalized spacial score (nSPS) is 14.5. The number of hydrogen-bond donors (Lipinski definition) is 1. The number of rotatable bonds is 4. The van der Waals surface area contributed by atoms with Gasteiger partial charge in [0.25, 0.3) is 0 Å². The topological polar surface area (TPSA) is 56.8 Å². The van der Waals surface area contributed by atoms with Crippen molar-refractivity contribution in [1.82, 2.24) is 5.32 Å². The second-order valence-corrected chi connectivity index (χ2v) is 5.70. The van der Waals surface area contributed by atoms with Crippen LogP contribution in [-0.2, 0) is 17.8 Å². The Labute approximate surface area is 139 Å². The van der Waals surface area contributed by atoms with E-state index in [9.17, 15) is 4.79 Å². The number of amides is 1. The zero-order valence-corrected chi connectivity index (χ0v) is 13.1. The largest absolute Gasteiger partial charge is 0.493 e. The molecule has 0 saturated carbocycles. The molecule has 1 N–H and O–H groups in total. The zero-order valence-electron chi connectivity index (χ0n) is 13.1. The monoisotopic (exact) mass is 323 g/mol. The van der Waals surface area contributed by atoms with Crippen molar-refractivity contribution in [3.05, 3.63) is 59.2 Å². The quantitative estimate of drug-likeness (QED) is 0.879. The van der Waals surface area contributed by atoms with Crippen LogP contribution in [0, 0.1) is 0 Å². The second-order valence-electron chi connectivity index (χ2n) is 5.70. The highest BCUT2D eigenvalue weighted by Crippen LogP contribution is 2.32. The lowest BCUT2D eigenvalue weighted by molar-refractivity contribution is -0.116. The van der Waals surface area contributed by atoms with E-state index in [0.29, 0.717) is 6.54 Å². The standard InChI is InChI=1S/C19H17NO4/c21-19(6-3-13-1-4-16-15(9-13)7-8-22-16)20-11-14-2-5-17-18(10-14)24-12-23-17/h1-6,9-10H,7-8,11-12H2,(H,20,21). The lowest BCUT2D eigenvalue weighted by Gasteiger charge is -2.04. The fourth-order valence-electron chi connectivity index (χ4n) is 2.78. The van der Waals surface area contributed by atoms with E-state index in [4.69, 9.17) is 14.2 Å². The van der Waals surface area contributed by atoms with Gasteiger partial charge in [-0.15, -0.1) is 0 Å². The van der Waals surface area contributed by atoms with Crippen molar-refractivity contribution in [1.29, 1.82) is 0 Å². The van der Waals surface area contributed by atoms with Crippen LogP contribution in [0.2, 0.25) is 0 Å². The predicted molar refractivity (Wildman–Crippen MR) is 89.1 cm³/mol. The molecular weight excluding hydrogens is 306 g/mol. The molecule has 0 unspecified atom stereocenters. The van der Waals surface area contributed by atoms with Crippen LogP contribution in [0.3, 0.4) is 0 Å². The summed E-state index contributed by atoms with van der Waals surface area (Å²) in [5.41, 5.74) is 3.16. The summed E-state index contributed by atoms with van der Waals surface area (Å²) in [5.74, 6) is 2.27. The first kappa shape index (κ1) is 14.6. The summed E-state index contributed by atoms with van der Waals surface area (Å²) in [7, 11) is 0. The number of carbonyl (C=O) groups excluding carboxylic acids is 1. The molecule has 0 aliphatic carbocycles. The smallest absolute Gasteiger partial charge is 0.244 e. The van der Waals surface area contributed by atoms with Gasteiger partial charge in [-0.1, -0.05) is 12.1 Å². The van der Waals surface area contributed by atoms with Crippen molar-refractivity contribution in [3.63, 3.8) is 0 Å². The number of benzene rings is 2. The van der Waals surface area contributed by atoms with Gasteiger partial charge in [-0.25, -0.2) is 0 Å². The zero-order chi connectivity index (χ0) is 16.4. The Morgan fingerprint density at radius 2 is 1.92 bits per heavy atom. The first-order chi connectivity index (χ1) is 11.8. The average Bonchev–Trinajstić information content (AvgIpc) is 3.25. The lowest BCUT2D eigenvalue weighted by atomic mass is 10.1. The van der Waals surface area contributed by atoms with Crippen molar-refractivity contribution >= 4 is 12.0 Å².